The second kappa shape index (κ2) is 14.1. The zero-order chi connectivity index (χ0) is 20.4. The zero-order valence-corrected chi connectivity index (χ0v) is 20.9. The van der Waals surface area contributed by atoms with Crippen LogP contribution in [-0.4, -0.2) is 73.0 Å². The van der Waals surface area contributed by atoms with Crippen LogP contribution in [0.2, 0.25) is 0 Å². The normalized spacial score (nSPS) is 16.7. The van der Waals surface area contributed by atoms with E-state index in [1.807, 2.05) is 0 Å². The lowest BCUT2D eigenvalue weighted by molar-refractivity contribution is 0.0143. The molecule has 168 valence electrons. The average molecular weight is 522 g/mol. The predicted molar refractivity (Wildman–Crippen MR) is 127 cm³/mol. The molecule has 1 saturated heterocycles. The first-order valence-electron chi connectivity index (χ1n) is 10.7. The second-order valence-corrected chi connectivity index (χ2v) is 8.03. The van der Waals surface area contributed by atoms with Gasteiger partial charge in [-0.05, 0) is 19.3 Å². The number of rotatable bonds is 10. The number of hydrogen-bond acceptors (Lipinski definition) is 6. The molecule has 1 fully saturated rings. The Kier molecular flexibility index (Phi) is 12.7. The van der Waals surface area contributed by atoms with Crippen molar-refractivity contribution in [1.82, 2.24) is 25.7 Å². The van der Waals surface area contributed by atoms with Crippen molar-refractivity contribution in [1.29, 1.82) is 0 Å². The lowest BCUT2D eigenvalue weighted by Gasteiger charge is -2.34. The highest BCUT2D eigenvalue weighted by Crippen LogP contribution is 2.14. The molecule has 0 spiro atoms. The van der Waals surface area contributed by atoms with Gasteiger partial charge in [0.05, 0.1) is 19.8 Å². The van der Waals surface area contributed by atoms with E-state index in [4.69, 9.17) is 14.3 Å². The molecular formula is C20H39IN6O2. The number of guanidine groups is 1. The minimum atomic E-state index is 0. The zero-order valence-electron chi connectivity index (χ0n) is 18.6. The smallest absolute Gasteiger partial charge is 0.228 e. The number of aliphatic imine (C=N–C) groups is 1. The maximum atomic E-state index is 5.51. The van der Waals surface area contributed by atoms with E-state index < -0.39 is 0 Å². The Hall–Kier alpha value is -0.940. The van der Waals surface area contributed by atoms with Crippen molar-refractivity contribution in [2.24, 2.45) is 10.9 Å². The summed E-state index contributed by atoms with van der Waals surface area (Å²) in [5, 5.41) is 10.7. The number of hydrogen-bond donors (Lipinski definition) is 2. The van der Waals surface area contributed by atoms with Gasteiger partial charge in [0, 0.05) is 44.6 Å². The number of nitrogens with one attached hydrogen (secondary N) is 2. The maximum Gasteiger partial charge on any atom is 0.228 e. The van der Waals surface area contributed by atoms with Crippen LogP contribution >= 0.6 is 24.0 Å². The summed E-state index contributed by atoms with van der Waals surface area (Å²) in [5.41, 5.74) is 0. The first-order valence-corrected chi connectivity index (χ1v) is 10.7. The molecule has 9 heteroatoms. The second-order valence-electron chi connectivity index (χ2n) is 8.03. The van der Waals surface area contributed by atoms with E-state index in [-0.39, 0.29) is 29.9 Å². The predicted octanol–water partition coefficient (Wildman–Crippen LogP) is 2.66. The van der Waals surface area contributed by atoms with Crippen molar-refractivity contribution in [3.8, 4) is 0 Å². The summed E-state index contributed by atoms with van der Waals surface area (Å²) in [6.45, 7) is 16.7. The van der Waals surface area contributed by atoms with Gasteiger partial charge in [0.2, 0.25) is 5.89 Å². The van der Waals surface area contributed by atoms with E-state index in [1.54, 1.807) is 0 Å². The van der Waals surface area contributed by atoms with Gasteiger partial charge < -0.3 is 19.9 Å². The Morgan fingerprint density at radius 2 is 1.90 bits per heavy atom. The largest absolute Gasteiger partial charge is 0.379 e. The Morgan fingerprint density at radius 1 is 1.17 bits per heavy atom. The minimum absolute atomic E-state index is 0. The van der Waals surface area contributed by atoms with Gasteiger partial charge in [-0.25, -0.2) is 0 Å². The number of ether oxygens (including phenoxy) is 1. The molecule has 29 heavy (non-hydrogen) atoms. The summed E-state index contributed by atoms with van der Waals surface area (Å²) in [5.74, 6) is 3.19. The molecule has 2 N–H and O–H groups in total. The van der Waals surface area contributed by atoms with Crippen LogP contribution in [-0.2, 0) is 11.2 Å². The third-order valence-electron chi connectivity index (χ3n) is 4.74. The molecule has 0 aliphatic carbocycles. The Balaban J connectivity index is 0.00000420. The van der Waals surface area contributed by atoms with Crippen LogP contribution < -0.4 is 10.6 Å². The first-order chi connectivity index (χ1) is 13.5. The highest BCUT2D eigenvalue weighted by atomic mass is 127. The average Bonchev–Trinajstić information content (AvgIpc) is 3.14. The summed E-state index contributed by atoms with van der Waals surface area (Å²) in [6.07, 6.45) is 1.83. The van der Waals surface area contributed by atoms with E-state index in [1.165, 1.54) is 0 Å². The molecule has 1 aliphatic heterocycles. The molecular weight excluding hydrogens is 483 g/mol. The van der Waals surface area contributed by atoms with Gasteiger partial charge in [-0.2, -0.15) is 4.98 Å². The Labute approximate surface area is 192 Å². The number of aromatic nitrogens is 2. The van der Waals surface area contributed by atoms with Crippen molar-refractivity contribution in [2.75, 3.05) is 45.9 Å². The van der Waals surface area contributed by atoms with Crippen molar-refractivity contribution < 1.29 is 9.26 Å². The number of morpholine rings is 1. The molecule has 1 atom stereocenters. The molecule has 0 saturated carbocycles. The Morgan fingerprint density at radius 3 is 2.48 bits per heavy atom. The summed E-state index contributed by atoms with van der Waals surface area (Å²) >= 11 is 0. The van der Waals surface area contributed by atoms with Gasteiger partial charge in [-0.3, -0.25) is 9.89 Å². The van der Waals surface area contributed by atoms with E-state index in [9.17, 15) is 0 Å². The van der Waals surface area contributed by atoms with Crippen LogP contribution in [0.4, 0.5) is 0 Å². The van der Waals surface area contributed by atoms with Gasteiger partial charge in [0.15, 0.2) is 11.8 Å². The highest BCUT2D eigenvalue weighted by Gasteiger charge is 2.21. The van der Waals surface area contributed by atoms with E-state index in [0.29, 0.717) is 30.8 Å². The molecule has 1 aromatic heterocycles. The number of nitrogens with zero attached hydrogens (tertiary/aromatic N) is 4. The van der Waals surface area contributed by atoms with Crippen molar-refractivity contribution in [3.63, 3.8) is 0 Å². The van der Waals surface area contributed by atoms with Crippen molar-refractivity contribution >= 4 is 29.9 Å². The van der Waals surface area contributed by atoms with Crippen LogP contribution in [0.25, 0.3) is 0 Å². The standard InChI is InChI=1S/C20H38N6O2.HI/c1-6-21-20(22-8-7-18-24-19(16(4)5)25-28-18)23-14-17(13-15(2)3)26-9-11-27-12-10-26;/h15-17H,6-14H2,1-5H3,(H2,21,22,23);1H. The van der Waals surface area contributed by atoms with E-state index in [2.05, 4.69) is 60.3 Å². The minimum Gasteiger partial charge on any atom is -0.379 e. The van der Waals surface area contributed by atoms with Gasteiger partial charge in [0.1, 0.15) is 0 Å². The summed E-state index contributed by atoms with van der Waals surface area (Å²) in [4.78, 5) is 11.8. The van der Waals surface area contributed by atoms with Gasteiger partial charge in [-0.15, -0.1) is 24.0 Å². The molecule has 8 nitrogen and oxygen atoms in total. The van der Waals surface area contributed by atoms with Crippen LogP contribution in [0.1, 0.15) is 58.7 Å². The van der Waals surface area contributed by atoms with Crippen molar-refractivity contribution in [2.45, 2.75) is 59.4 Å². The highest BCUT2D eigenvalue weighted by molar-refractivity contribution is 14.0. The summed E-state index contributed by atoms with van der Waals surface area (Å²) in [6, 6.07) is 0.448. The van der Waals surface area contributed by atoms with Gasteiger partial charge in [0.25, 0.3) is 0 Å². The SMILES string of the molecule is CCNC(=NCC(CC(C)C)N1CCOCC1)NCCc1nc(C(C)C)no1.I. The lowest BCUT2D eigenvalue weighted by Crippen LogP contribution is -2.46. The quantitative estimate of drug-likeness (QED) is 0.278. The van der Waals surface area contributed by atoms with Crippen LogP contribution in [0.15, 0.2) is 9.52 Å². The Bertz CT molecular complexity index is 587. The van der Waals surface area contributed by atoms with E-state index in [0.717, 1.165) is 57.6 Å². The summed E-state index contributed by atoms with van der Waals surface area (Å²) in [7, 11) is 0. The molecule has 1 aromatic rings. The molecule has 0 radical (unpaired) electrons. The third kappa shape index (κ3) is 9.61. The fourth-order valence-electron chi connectivity index (χ4n) is 3.26. The molecule has 0 amide bonds. The molecule has 2 heterocycles. The lowest BCUT2D eigenvalue weighted by atomic mass is 10.0. The third-order valence-corrected chi connectivity index (χ3v) is 4.74. The van der Waals surface area contributed by atoms with Crippen molar-refractivity contribution in [3.05, 3.63) is 11.7 Å². The van der Waals surface area contributed by atoms with Gasteiger partial charge >= 0.3 is 0 Å². The molecule has 1 unspecified atom stereocenters. The molecule has 2 rings (SSSR count). The van der Waals surface area contributed by atoms with Crippen LogP contribution in [0.5, 0.6) is 0 Å². The van der Waals surface area contributed by atoms with Crippen LogP contribution in [0, 0.1) is 5.92 Å². The van der Waals surface area contributed by atoms with E-state index >= 15 is 0 Å². The topological polar surface area (TPSA) is 87.8 Å². The van der Waals surface area contributed by atoms with Gasteiger partial charge in [-0.1, -0.05) is 32.9 Å². The van der Waals surface area contributed by atoms with Crippen LogP contribution in [0.3, 0.4) is 0 Å². The number of halogens is 1. The maximum absolute atomic E-state index is 5.51. The summed E-state index contributed by atoms with van der Waals surface area (Å²) < 4.78 is 10.8. The first kappa shape index (κ1) is 26.1. The fraction of sp³-hybridized carbons (Fsp3) is 0.850. The molecule has 1 aliphatic rings. The monoisotopic (exact) mass is 522 g/mol. The fourth-order valence-corrected chi connectivity index (χ4v) is 3.26. The molecule has 0 bridgehead atoms. The molecule has 0 aromatic carbocycles.